The van der Waals surface area contributed by atoms with Crippen molar-refractivity contribution in [2.45, 2.75) is 0 Å². The van der Waals surface area contributed by atoms with E-state index in [2.05, 4.69) is 176 Å². The van der Waals surface area contributed by atoms with Crippen molar-refractivity contribution in [1.82, 2.24) is 0 Å². The van der Waals surface area contributed by atoms with Crippen molar-refractivity contribution < 1.29 is 4.42 Å². The molecule has 10 aromatic carbocycles. The summed E-state index contributed by atoms with van der Waals surface area (Å²) >= 11 is 1.88. The summed E-state index contributed by atoms with van der Waals surface area (Å²) in [7, 11) is 0. The Morgan fingerprint density at radius 3 is 1.57 bits per heavy atom. The van der Waals surface area contributed by atoms with Gasteiger partial charge in [0.1, 0.15) is 11.2 Å². The zero-order valence-corrected chi connectivity index (χ0v) is 30.0. The maximum Gasteiger partial charge on any atom is 0.143 e. The number of thiophene rings is 1. The quantitative estimate of drug-likeness (QED) is 0.167. The van der Waals surface area contributed by atoms with Gasteiger partial charge in [-0.3, -0.25) is 0 Å². The molecule has 0 aliphatic heterocycles. The van der Waals surface area contributed by atoms with Crippen molar-refractivity contribution in [3.63, 3.8) is 0 Å². The van der Waals surface area contributed by atoms with E-state index < -0.39 is 0 Å². The first-order valence-electron chi connectivity index (χ1n) is 18.5. The van der Waals surface area contributed by atoms with Gasteiger partial charge >= 0.3 is 0 Å². The van der Waals surface area contributed by atoms with Crippen LogP contribution in [0, 0.1) is 0 Å². The number of hydrogen-bond acceptors (Lipinski definition) is 2. The summed E-state index contributed by atoms with van der Waals surface area (Å²) in [5, 5.41) is 14.9. The summed E-state index contributed by atoms with van der Waals surface area (Å²) in [5.41, 5.74) is 9.43. The number of furan rings is 1. The van der Waals surface area contributed by atoms with Crippen molar-refractivity contribution in [3.05, 3.63) is 182 Å². The highest BCUT2D eigenvalue weighted by Gasteiger charge is 2.19. The van der Waals surface area contributed by atoms with E-state index in [0.29, 0.717) is 0 Å². The molecule has 0 amide bonds. The molecular formula is C52H30OS. The largest absolute Gasteiger partial charge is 0.455 e. The number of para-hydroxylation sites is 1. The minimum absolute atomic E-state index is 0.929. The third-order valence-corrected chi connectivity index (χ3v) is 12.6. The van der Waals surface area contributed by atoms with E-state index in [1.165, 1.54) is 91.3 Å². The van der Waals surface area contributed by atoms with Crippen molar-refractivity contribution in [1.29, 1.82) is 0 Å². The van der Waals surface area contributed by atoms with E-state index >= 15 is 0 Å². The van der Waals surface area contributed by atoms with Gasteiger partial charge in [-0.05, 0) is 95.3 Å². The molecule has 2 aromatic heterocycles. The molecule has 1 nitrogen and oxygen atoms in total. The Balaban J connectivity index is 1.04. The molecule has 12 rings (SSSR count). The molecule has 2 heterocycles. The highest BCUT2D eigenvalue weighted by atomic mass is 32.1. The van der Waals surface area contributed by atoms with E-state index in [1.54, 1.807) is 0 Å². The van der Waals surface area contributed by atoms with Gasteiger partial charge in [0, 0.05) is 36.3 Å². The Hall–Kier alpha value is -6.74. The van der Waals surface area contributed by atoms with Crippen LogP contribution in [0.5, 0.6) is 0 Å². The predicted octanol–water partition coefficient (Wildman–Crippen LogP) is 15.6. The van der Waals surface area contributed by atoms with Gasteiger partial charge in [0.15, 0.2) is 0 Å². The van der Waals surface area contributed by atoms with Crippen molar-refractivity contribution in [2.24, 2.45) is 0 Å². The number of rotatable bonds is 3. The highest BCUT2D eigenvalue weighted by Crippen LogP contribution is 2.47. The molecule has 0 N–H and O–H groups in total. The summed E-state index contributed by atoms with van der Waals surface area (Å²) in [4.78, 5) is 0. The third-order valence-electron chi connectivity index (χ3n) is 11.5. The second-order valence-electron chi connectivity index (χ2n) is 14.3. The second kappa shape index (κ2) is 11.4. The lowest BCUT2D eigenvalue weighted by Crippen LogP contribution is -1.91. The molecule has 0 saturated heterocycles. The minimum atomic E-state index is 0.929. The topological polar surface area (TPSA) is 13.1 Å². The van der Waals surface area contributed by atoms with Crippen LogP contribution in [0.2, 0.25) is 0 Å². The molecule has 0 saturated carbocycles. The molecule has 0 spiro atoms. The van der Waals surface area contributed by atoms with Gasteiger partial charge in [-0.1, -0.05) is 158 Å². The summed E-state index contributed by atoms with van der Waals surface area (Å²) in [6.07, 6.45) is 0. The van der Waals surface area contributed by atoms with Gasteiger partial charge in [-0.15, -0.1) is 11.3 Å². The lowest BCUT2D eigenvalue weighted by Gasteiger charge is -2.18. The SMILES string of the molecule is c1ccc2c(-c3c4ccccc4c(-c4ccc5c(c4)sc4cc(-c6cccc7c6ccc6c8ccccc8oc76)ccc45)c4ccccc34)cccc2c1. The van der Waals surface area contributed by atoms with E-state index in [4.69, 9.17) is 4.42 Å². The Labute approximate surface area is 314 Å². The van der Waals surface area contributed by atoms with Gasteiger partial charge in [0.2, 0.25) is 0 Å². The van der Waals surface area contributed by atoms with Crippen LogP contribution in [0.3, 0.4) is 0 Å². The molecule has 0 fully saturated rings. The van der Waals surface area contributed by atoms with Crippen LogP contribution in [0.15, 0.2) is 186 Å². The van der Waals surface area contributed by atoms with Crippen molar-refractivity contribution in [2.75, 3.05) is 0 Å². The molecule has 0 bridgehead atoms. The standard InChI is InChI=1S/C52H30OS/c1-2-13-34-31(11-1)12-9-20-40(34)51-43-17-5-3-15-41(43)50(42-16-4-6-18-44(42)51)33-24-26-39-38-25-23-32(29-48(38)54-49(39)30-33)35-19-10-21-45-36(35)27-28-46-37-14-7-8-22-47(37)53-52(45)46/h1-30H. The third kappa shape index (κ3) is 4.26. The average molecular weight is 703 g/mol. The van der Waals surface area contributed by atoms with Gasteiger partial charge in [0.05, 0.1) is 0 Å². The summed E-state index contributed by atoms with van der Waals surface area (Å²) < 4.78 is 9.01. The maximum atomic E-state index is 6.42. The average Bonchev–Trinajstić information content (AvgIpc) is 3.80. The molecule has 0 radical (unpaired) electrons. The Kier molecular flexibility index (Phi) is 6.28. The summed E-state index contributed by atoms with van der Waals surface area (Å²) in [5.74, 6) is 0. The van der Waals surface area contributed by atoms with Crippen LogP contribution >= 0.6 is 11.3 Å². The fourth-order valence-corrected chi connectivity index (χ4v) is 10.2. The zero-order valence-electron chi connectivity index (χ0n) is 29.1. The fraction of sp³-hybridized carbons (Fsp3) is 0. The van der Waals surface area contributed by atoms with Gasteiger partial charge in [0.25, 0.3) is 0 Å². The van der Waals surface area contributed by atoms with Crippen LogP contribution in [0.4, 0.5) is 0 Å². The predicted molar refractivity (Wildman–Crippen MR) is 233 cm³/mol. The molecule has 0 unspecified atom stereocenters. The smallest absolute Gasteiger partial charge is 0.143 e. The van der Waals surface area contributed by atoms with Gasteiger partial charge in [-0.2, -0.15) is 0 Å². The lowest BCUT2D eigenvalue weighted by molar-refractivity contribution is 0.672. The zero-order chi connectivity index (χ0) is 35.3. The van der Waals surface area contributed by atoms with Crippen LogP contribution < -0.4 is 0 Å². The van der Waals surface area contributed by atoms with Crippen molar-refractivity contribution >= 4 is 96.5 Å². The van der Waals surface area contributed by atoms with E-state index in [0.717, 1.165) is 27.3 Å². The monoisotopic (exact) mass is 702 g/mol. The van der Waals surface area contributed by atoms with Crippen LogP contribution in [-0.2, 0) is 0 Å². The second-order valence-corrected chi connectivity index (χ2v) is 15.4. The van der Waals surface area contributed by atoms with E-state index in [-0.39, 0.29) is 0 Å². The Morgan fingerprint density at radius 2 is 0.815 bits per heavy atom. The lowest BCUT2D eigenvalue weighted by atomic mass is 9.84. The van der Waals surface area contributed by atoms with Gasteiger partial charge < -0.3 is 4.42 Å². The number of hydrogen-bond donors (Lipinski definition) is 0. The molecule has 2 heteroatoms. The van der Waals surface area contributed by atoms with Gasteiger partial charge in [-0.25, -0.2) is 0 Å². The molecule has 54 heavy (non-hydrogen) atoms. The molecule has 0 atom stereocenters. The Bertz CT molecular complexity index is 3450. The molecule has 12 aromatic rings. The van der Waals surface area contributed by atoms with Crippen LogP contribution in [0.1, 0.15) is 0 Å². The van der Waals surface area contributed by atoms with Crippen molar-refractivity contribution in [3.8, 4) is 33.4 Å². The molecular weight excluding hydrogens is 673 g/mol. The summed E-state index contributed by atoms with van der Waals surface area (Å²) in [6.45, 7) is 0. The fourth-order valence-electron chi connectivity index (χ4n) is 9.07. The van der Waals surface area contributed by atoms with E-state index in [1.807, 2.05) is 17.4 Å². The maximum absolute atomic E-state index is 6.42. The first-order valence-corrected chi connectivity index (χ1v) is 19.3. The molecule has 0 aliphatic carbocycles. The highest BCUT2D eigenvalue weighted by molar-refractivity contribution is 7.25. The first-order chi connectivity index (χ1) is 26.8. The molecule has 0 aliphatic rings. The normalized spacial score (nSPS) is 12.1. The summed E-state index contributed by atoms with van der Waals surface area (Å²) in [6, 6.07) is 66.8. The van der Waals surface area contributed by atoms with Crippen LogP contribution in [-0.4, -0.2) is 0 Å². The Morgan fingerprint density at radius 1 is 0.315 bits per heavy atom. The van der Waals surface area contributed by atoms with Crippen LogP contribution in [0.25, 0.3) is 119 Å². The minimum Gasteiger partial charge on any atom is -0.455 e. The molecule has 250 valence electrons. The number of benzene rings is 10. The number of fused-ring (bicyclic) bond motifs is 11. The van der Waals surface area contributed by atoms with E-state index in [9.17, 15) is 0 Å². The first kappa shape index (κ1) is 29.8.